The Kier molecular flexibility index (Phi) is 4.77. The van der Waals surface area contributed by atoms with Crippen molar-refractivity contribution in [1.82, 2.24) is 19.8 Å². The van der Waals surface area contributed by atoms with E-state index in [9.17, 15) is 9.59 Å². The summed E-state index contributed by atoms with van der Waals surface area (Å²) < 4.78 is 13.4. The van der Waals surface area contributed by atoms with Gasteiger partial charge in [0.15, 0.2) is 5.76 Å². The molecule has 1 fully saturated rings. The summed E-state index contributed by atoms with van der Waals surface area (Å²) in [5, 5.41) is 2.94. The number of nitrogens with zero attached hydrogens (tertiary/aromatic N) is 3. The third-order valence-electron chi connectivity index (χ3n) is 4.89. The fourth-order valence-corrected chi connectivity index (χ4v) is 3.61. The molecule has 0 aromatic carbocycles. The number of rotatable bonds is 5. The van der Waals surface area contributed by atoms with E-state index in [2.05, 4.69) is 10.3 Å². The molecular formula is C20H22N4O4. The van der Waals surface area contributed by atoms with Crippen molar-refractivity contribution in [1.29, 1.82) is 0 Å². The van der Waals surface area contributed by atoms with Gasteiger partial charge in [-0.15, -0.1) is 0 Å². The van der Waals surface area contributed by atoms with Gasteiger partial charge in [-0.1, -0.05) is 0 Å². The summed E-state index contributed by atoms with van der Waals surface area (Å²) in [6, 6.07) is 7.07. The summed E-state index contributed by atoms with van der Waals surface area (Å²) in [4.78, 5) is 30.3. The highest BCUT2D eigenvalue weighted by atomic mass is 16.4. The molecule has 4 heterocycles. The van der Waals surface area contributed by atoms with Crippen LogP contribution in [0.3, 0.4) is 0 Å². The summed E-state index contributed by atoms with van der Waals surface area (Å²) in [6.45, 7) is 4.72. The zero-order valence-corrected chi connectivity index (χ0v) is 15.8. The molecule has 2 amide bonds. The van der Waals surface area contributed by atoms with E-state index < -0.39 is 0 Å². The van der Waals surface area contributed by atoms with Crippen molar-refractivity contribution in [3.05, 3.63) is 66.0 Å². The van der Waals surface area contributed by atoms with E-state index in [1.807, 2.05) is 29.8 Å². The van der Waals surface area contributed by atoms with E-state index in [0.29, 0.717) is 25.4 Å². The van der Waals surface area contributed by atoms with Gasteiger partial charge in [-0.3, -0.25) is 9.59 Å². The third kappa shape index (κ3) is 3.71. The maximum Gasteiger partial charge on any atom is 0.289 e. The van der Waals surface area contributed by atoms with Crippen LogP contribution in [0.15, 0.2) is 51.8 Å². The van der Waals surface area contributed by atoms with Gasteiger partial charge in [0.25, 0.3) is 5.91 Å². The topological polar surface area (TPSA) is 93.5 Å². The molecule has 8 nitrogen and oxygen atoms in total. The number of hydrogen-bond donors (Lipinski definition) is 1. The minimum Gasteiger partial charge on any atom is -0.466 e. The second-order valence-corrected chi connectivity index (χ2v) is 7.07. The number of imidazole rings is 1. The van der Waals surface area contributed by atoms with Gasteiger partial charge in [0.05, 0.1) is 24.8 Å². The normalized spacial score (nSPS) is 19.1. The van der Waals surface area contributed by atoms with Crippen LogP contribution in [0.25, 0.3) is 0 Å². The molecule has 1 aliphatic rings. The van der Waals surface area contributed by atoms with Gasteiger partial charge >= 0.3 is 0 Å². The summed E-state index contributed by atoms with van der Waals surface area (Å²) >= 11 is 0. The van der Waals surface area contributed by atoms with Gasteiger partial charge in [0.2, 0.25) is 5.91 Å². The summed E-state index contributed by atoms with van der Waals surface area (Å²) in [6.07, 6.45) is 5.22. The van der Waals surface area contributed by atoms with Crippen LogP contribution < -0.4 is 5.32 Å². The SMILES string of the molecule is CC(=O)N[C@@H]1CN(C(=O)c2ccc(Cn3ccnc3)o2)C[C@H]1c1ccc(C)o1. The molecule has 0 unspecified atom stereocenters. The van der Waals surface area contributed by atoms with Crippen molar-refractivity contribution in [2.45, 2.75) is 32.4 Å². The van der Waals surface area contributed by atoms with Gasteiger partial charge in [0.1, 0.15) is 17.3 Å². The average Bonchev–Trinajstić information content (AvgIpc) is 3.41. The van der Waals surface area contributed by atoms with E-state index in [0.717, 1.165) is 11.5 Å². The number of carbonyl (C=O) groups excluding carboxylic acids is 2. The van der Waals surface area contributed by atoms with E-state index >= 15 is 0 Å². The zero-order chi connectivity index (χ0) is 19.7. The maximum absolute atomic E-state index is 12.9. The second kappa shape index (κ2) is 7.38. The number of nitrogens with one attached hydrogen (secondary N) is 1. The lowest BCUT2D eigenvalue weighted by Crippen LogP contribution is -2.39. The van der Waals surface area contributed by atoms with Crippen molar-refractivity contribution in [3.8, 4) is 0 Å². The Labute approximate surface area is 162 Å². The molecule has 8 heteroatoms. The zero-order valence-electron chi connectivity index (χ0n) is 15.8. The molecule has 2 atom stereocenters. The smallest absolute Gasteiger partial charge is 0.289 e. The standard InChI is InChI=1S/C20H22N4O4/c1-13-3-5-18(27-13)16-10-24(11-17(16)22-14(2)25)20(26)19-6-4-15(28-19)9-23-8-7-21-12-23/h3-8,12,16-17H,9-11H2,1-2H3,(H,22,25)/t16-,17-/m1/s1. The van der Waals surface area contributed by atoms with Crippen LogP contribution in [0.2, 0.25) is 0 Å². The molecule has 0 saturated carbocycles. The Balaban J connectivity index is 1.49. The molecule has 0 aliphatic carbocycles. The van der Waals surface area contributed by atoms with E-state index in [4.69, 9.17) is 8.83 Å². The molecule has 146 valence electrons. The number of aromatic nitrogens is 2. The van der Waals surface area contributed by atoms with Crippen LogP contribution in [0.1, 0.15) is 40.7 Å². The first-order chi connectivity index (χ1) is 13.5. The first kappa shape index (κ1) is 18.1. The van der Waals surface area contributed by atoms with Gasteiger partial charge in [-0.25, -0.2) is 4.98 Å². The van der Waals surface area contributed by atoms with Crippen LogP contribution in [0.4, 0.5) is 0 Å². The molecule has 28 heavy (non-hydrogen) atoms. The molecule has 3 aromatic heterocycles. The lowest BCUT2D eigenvalue weighted by molar-refractivity contribution is -0.119. The number of furan rings is 2. The van der Waals surface area contributed by atoms with Crippen molar-refractivity contribution >= 4 is 11.8 Å². The van der Waals surface area contributed by atoms with Crippen molar-refractivity contribution in [2.24, 2.45) is 0 Å². The number of hydrogen-bond acceptors (Lipinski definition) is 5. The number of aryl methyl sites for hydroxylation is 1. The average molecular weight is 382 g/mol. The fraction of sp³-hybridized carbons (Fsp3) is 0.350. The monoisotopic (exact) mass is 382 g/mol. The molecule has 0 spiro atoms. The maximum atomic E-state index is 12.9. The summed E-state index contributed by atoms with van der Waals surface area (Å²) in [7, 11) is 0. The second-order valence-electron chi connectivity index (χ2n) is 7.07. The Morgan fingerprint density at radius 2 is 2.07 bits per heavy atom. The Bertz CT molecular complexity index is 972. The van der Waals surface area contributed by atoms with Crippen molar-refractivity contribution in [3.63, 3.8) is 0 Å². The lowest BCUT2D eigenvalue weighted by Gasteiger charge is -2.16. The molecule has 0 radical (unpaired) electrons. The first-order valence-corrected chi connectivity index (χ1v) is 9.17. The largest absolute Gasteiger partial charge is 0.466 e. The first-order valence-electron chi connectivity index (χ1n) is 9.17. The van der Waals surface area contributed by atoms with Crippen LogP contribution in [0, 0.1) is 6.92 Å². The predicted molar refractivity (Wildman–Crippen MR) is 99.7 cm³/mol. The van der Waals surface area contributed by atoms with Gasteiger partial charge < -0.3 is 23.6 Å². The van der Waals surface area contributed by atoms with Crippen molar-refractivity contribution in [2.75, 3.05) is 13.1 Å². The minimum absolute atomic E-state index is 0.0954. The molecule has 1 N–H and O–H groups in total. The molecule has 3 aromatic rings. The minimum atomic E-state index is -0.201. The highest BCUT2D eigenvalue weighted by molar-refractivity contribution is 5.92. The summed E-state index contributed by atoms with van der Waals surface area (Å²) in [5.41, 5.74) is 0. The van der Waals surface area contributed by atoms with Gasteiger partial charge in [0, 0.05) is 32.4 Å². The number of carbonyl (C=O) groups is 2. The molecule has 1 saturated heterocycles. The Morgan fingerprint density at radius 1 is 1.21 bits per heavy atom. The highest BCUT2D eigenvalue weighted by Gasteiger charge is 2.39. The lowest BCUT2D eigenvalue weighted by atomic mass is 10.0. The molecule has 0 bridgehead atoms. The van der Waals surface area contributed by atoms with E-state index in [-0.39, 0.29) is 29.5 Å². The van der Waals surface area contributed by atoms with E-state index in [1.165, 1.54) is 6.92 Å². The fourth-order valence-electron chi connectivity index (χ4n) is 3.61. The molecular weight excluding hydrogens is 360 g/mol. The predicted octanol–water partition coefficient (Wildman–Crippen LogP) is 2.17. The number of amides is 2. The molecule has 4 rings (SSSR count). The van der Waals surface area contributed by atoms with Crippen LogP contribution in [-0.4, -0.2) is 45.4 Å². The van der Waals surface area contributed by atoms with Gasteiger partial charge in [-0.05, 0) is 31.2 Å². The highest BCUT2D eigenvalue weighted by Crippen LogP contribution is 2.30. The summed E-state index contributed by atoms with van der Waals surface area (Å²) in [5.74, 6) is 2.11. The van der Waals surface area contributed by atoms with E-state index in [1.54, 1.807) is 29.6 Å². The Morgan fingerprint density at radius 3 is 2.75 bits per heavy atom. The van der Waals surface area contributed by atoms with Crippen LogP contribution >= 0.6 is 0 Å². The third-order valence-corrected chi connectivity index (χ3v) is 4.89. The number of likely N-dealkylation sites (tertiary alicyclic amines) is 1. The van der Waals surface area contributed by atoms with Crippen molar-refractivity contribution < 1.29 is 18.4 Å². The van der Waals surface area contributed by atoms with Crippen LogP contribution in [0.5, 0.6) is 0 Å². The quantitative estimate of drug-likeness (QED) is 0.730. The van der Waals surface area contributed by atoms with Gasteiger partial charge in [-0.2, -0.15) is 0 Å². The van der Waals surface area contributed by atoms with Crippen LogP contribution in [-0.2, 0) is 11.3 Å². The molecule has 1 aliphatic heterocycles. The Hall–Kier alpha value is -3.29.